The predicted octanol–water partition coefficient (Wildman–Crippen LogP) is 4.40. The molecule has 2 amide bonds. The molecule has 0 heterocycles. The summed E-state index contributed by atoms with van der Waals surface area (Å²) in [5.41, 5.74) is -0.0844. The Kier molecular flexibility index (Phi) is 6.47. The maximum absolute atomic E-state index is 12.7. The summed E-state index contributed by atoms with van der Waals surface area (Å²) >= 11 is 6.00. The summed E-state index contributed by atoms with van der Waals surface area (Å²) in [7, 11) is 0. The highest BCUT2D eigenvalue weighted by Gasteiger charge is 2.45. The number of benzene rings is 1. The molecule has 0 aromatic heterocycles. The van der Waals surface area contributed by atoms with Gasteiger partial charge in [0.1, 0.15) is 5.75 Å². The molecular formula is C23H33ClN2O3. The van der Waals surface area contributed by atoms with E-state index >= 15 is 0 Å². The molecule has 2 fully saturated rings. The van der Waals surface area contributed by atoms with Crippen LogP contribution in [0.1, 0.15) is 64.9 Å². The van der Waals surface area contributed by atoms with Crippen molar-refractivity contribution in [2.24, 2.45) is 11.8 Å². The van der Waals surface area contributed by atoms with Crippen LogP contribution in [0.25, 0.3) is 0 Å². The molecule has 0 radical (unpaired) electrons. The van der Waals surface area contributed by atoms with E-state index in [0.29, 0.717) is 29.2 Å². The zero-order chi connectivity index (χ0) is 21.2. The first-order chi connectivity index (χ1) is 13.6. The average molecular weight is 421 g/mol. The Balaban J connectivity index is 1.50. The lowest BCUT2D eigenvalue weighted by Gasteiger charge is -2.38. The highest BCUT2D eigenvalue weighted by molar-refractivity contribution is 6.30. The minimum Gasteiger partial charge on any atom is -0.478 e. The third-order valence-corrected chi connectivity index (χ3v) is 6.62. The molecule has 0 aliphatic heterocycles. The van der Waals surface area contributed by atoms with Crippen LogP contribution in [0.5, 0.6) is 5.75 Å². The van der Waals surface area contributed by atoms with Crippen molar-refractivity contribution in [2.75, 3.05) is 6.54 Å². The second kappa shape index (κ2) is 8.55. The molecule has 1 aromatic carbocycles. The van der Waals surface area contributed by atoms with Gasteiger partial charge in [-0.2, -0.15) is 0 Å². The fourth-order valence-electron chi connectivity index (χ4n) is 5.14. The standard InChI is InChI=1S/C23H33ClN2O3/c1-15-11-19(24)5-6-20(15)29-22(3,4)21(28)25-10-8-18-12-17-7-9-23(13-17,14-18)26-16(2)27/h5-6,11,17-18H,7-10,12-14H2,1-4H3,(H,25,28)(H,26,27)/t17-,18?,23-/m0/s1. The largest absolute Gasteiger partial charge is 0.478 e. The van der Waals surface area contributed by atoms with Crippen LogP contribution in [-0.2, 0) is 9.59 Å². The normalized spacial score (nSPS) is 26.1. The van der Waals surface area contributed by atoms with Gasteiger partial charge in [0.2, 0.25) is 5.91 Å². The Morgan fingerprint density at radius 2 is 2.07 bits per heavy atom. The fraction of sp³-hybridized carbons (Fsp3) is 0.652. The molecule has 1 unspecified atom stereocenters. The summed E-state index contributed by atoms with van der Waals surface area (Å²) < 4.78 is 5.98. The zero-order valence-electron chi connectivity index (χ0n) is 17.9. The molecule has 2 aliphatic carbocycles. The van der Waals surface area contributed by atoms with Crippen LogP contribution in [0.4, 0.5) is 0 Å². The Hall–Kier alpha value is -1.75. The molecule has 2 saturated carbocycles. The third kappa shape index (κ3) is 5.44. The number of nitrogens with one attached hydrogen (secondary N) is 2. The van der Waals surface area contributed by atoms with Crippen molar-refractivity contribution in [2.45, 2.75) is 77.4 Å². The first kappa shape index (κ1) is 21.9. The van der Waals surface area contributed by atoms with Gasteiger partial charge < -0.3 is 15.4 Å². The second-order valence-electron chi connectivity index (χ2n) is 9.44. The van der Waals surface area contributed by atoms with Gasteiger partial charge in [0, 0.05) is 24.0 Å². The van der Waals surface area contributed by atoms with Crippen LogP contribution in [0, 0.1) is 18.8 Å². The highest BCUT2D eigenvalue weighted by Crippen LogP contribution is 2.48. The summed E-state index contributed by atoms with van der Waals surface area (Å²) in [5, 5.41) is 6.92. The van der Waals surface area contributed by atoms with Crippen molar-refractivity contribution in [3.8, 4) is 5.75 Å². The smallest absolute Gasteiger partial charge is 0.263 e. The lowest BCUT2D eigenvalue weighted by molar-refractivity contribution is -0.134. The lowest BCUT2D eigenvalue weighted by Crippen LogP contribution is -2.49. The number of aryl methyl sites for hydroxylation is 1. The van der Waals surface area contributed by atoms with Gasteiger partial charge in [-0.05, 0) is 94.9 Å². The fourth-order valence-corrected chi connectivity index (χ4v) is 5.37. The van der Waals surface area contributed by atoms with Gasteiger partial charge in [-0.25, -0.2) is 0 Å². The van der Waals surface area contributed by atoms with Crippen LogP contribution in [0.2, 0.25) is 5.02 Å². The average Bonchev–Trinajstić information content (AvgIpc) is 2.90. The summed E-state index contributed by atoms with van der Waals surface area (Å²) in [6.07, 6.45) is 6.53. The van der Waals surface area contributed by atoms with E-state index in [-0.39, 0.29) is 17.4 Å². The number of carbonyl (C=O) groups excluding carboxylic acids is 2. The summed E-state index contributed by atoms with van der Waals surface area (Å²) in [5.74, 6) is 1.84. The van der Waals surface area contributed by atoms with Gasteiger partial charge in [0.25, 0.3) is 5.91 Å². The van der Waals surface area contributed by atoms with Gasteiger partial charge in [-0.1, -0.05) is 11.6 Å². The quantitative estimate of drug-likeness (QED) is 0.687. The minimum atomic E-state index is -0.971. The first-order valence-corrected chi connectivity index (χ1v) is 11.0. The molecule has 3 rings (SSSR count). The number of ether oxygens (including phenoxy) is 1. The summed E-state index contributed by atoms with van der Waals surface area (Å²) in [6.45, 7) is 7.71. The van der Waals surface area contributed by atoms with Crippen LogP contribution < -0.4 is 15.4 Å². The lowest BCUT2D eigenvalue weighted by atomic mass is 9.75. The van der Waals surface area contributed by atoms with E-state index in [9.17, 15) is 9.59 Å². The molecule has 0 saturated heterocycles. The molecule has 6 heteroatoms. The van der Waals surface area contributed by atoms with Crippen LogP contribution in [-0.4, -0.2) is 29.5 Å². The van der Waals surface area contributed by atoms with Crippen molar-refractivity contribution in [3.63, 3.8) is 0 Å². The number of hydrogen-bond donors (Lipinski definition) is 2. The molecule has 160 valence electrons. The van der Waals surface area contributed by atoms with Crippen molar-refractivity contribution in [3.05, 3.63) is 28.8 Å². The molecule has 29 heavy (non-hydrogen) atoms. The number of carbonyl (C=O) groups is 2. The van der Waals surface area contributed by atoms with Gasteiger partial charge >= 0.3 is 0 Å². The SMILES string of the molecule is CC(=O)N[C@]12CC[C@@H](CC(CCNC(=O)C(C)(C)Oc3ccc(Cl)cc3C)C1)C2. The van der Waals surface area contributed by atoms with Crippen LogP contribution in [0.3, 0.4) is 0 Å². The number of amides is 2. The summed E-state index contributed by atoms with van der Waals surface area (Å²) in [6, 6.07) is 5.39. The molecule has 1 aromatic rings. The van der Waals surface area contributed by atoms with Crippen LogP contribution >= 0.6 is 11.6 Å². The number of halogens is 1. The first-order valence-electron chi connectivity index (χ1n) is 10.6. The molecule has 2 bridgehead atoms. The van der Waals surface area contributed by atoms with E-state index < -0.39 is 5.60 Å². The topological polar surface area (TPSA) is 67.4 Å². The third-order valence-electron chi connectivity index (χ3n) is 6.38. The van der Waals surface area contributed by atoms with E-state index in [4.69, 9.17) is 16.3 Å². The van der Waals surface area contributed by atoms with Crippen molar-refractivity contribution in [1.82, 2.24) is 10.6 Å². The molecular weight excluding hydrogens is 388 g/mol. The number of fused-ring (bicyclic) bond motifs is 2. The van der Waals surface area contributed by atoms with E-state index in [1.54, 1.807) is 32.9 Å². The van der Waals surface area contributed by atoms with Gasteiger partial charge in [-0.3, -0.25) is 9.59 Å². The van der Waals surface area contributed by atoms with Gasteiger partial charge in [-0.15, -0.1) is 0 Å². The Bertz CT molecular complexity index is 779. The maximum Gasteiger partial charge on any atom is 0.263 e. The van der Waals surface area contributed by atoms with Crippen molar-refractivity contribution < 1.29 is 14.3 Å². The second-order valence-corrected chi connectivity index (χ2v) is 9.88. The molecule has 3 atom stereocenters. The zero-order valence-corrected chi connectivity index (χ0v) is 18.7. The predicted molar refractivity (Wildman–Crippen MR) is 115 cm³/mol. The monoisotopic (exact) mass is 420 g/mol. The maximum atomic E-state index is 12.7. The van der Waals surface area contributed by atoms with E-state index in [2.05, 4.69) is 10.6 Å². The Morgan fingerprint density at radius 3 is 2.76 bits per heavy atom. The van der Waals surface area contributed by atoms with Crippen LogP contribution in [0.15, 0.2) is 18.2 Å². The molecule has 2 N–H and O–H groups in total. The Morgan fingerprint density at radius 1 is 1.31 bits per heavy atom. The van der Waals surface area contributed by atoms with Crippen molar-refractivity contribution in [1.29, 1.82) is 0 Å². The molecule has 2 aliphatic rings. The van der Waals surface area contributed by atoms with E-state index in [1.165, 1.54) is 12.8 Å². The Labute approximate surface area is 178 Å². The minimum absolute atomic E-state index is 0.0160. The molecule has 0 spiro atoms. The van der Waals surface area contributed by atoms with Crippen molar-refractivity contribution >= 4 is 23.4 Å². The highest BCUT2D eigenvalue weighted by atomic mass is 35.5. The van der Waals surface area contributed by atoms with Gasteiger partial charge in [0.05, 0.1) is 0 Å². The van der Waals surface area contributed by atoms with Gasteiger partial charge in [0.15, 0.2) is 5.60 Å². The number of hydrogen-bond acceptors (Lipinski definition) is 3. The molecule has 5 nitrogen and oxygen atoms in total. The van der Waals surface area contributed by atoms with E-state index in [1.807, 2.05) is 13.0 Å². The van der Waals surface area contributed by atoms with E-state index in [0.717, 1.165) is 31.2 Å². The summed E-state index contributed by atoms with van der Waals surface area (Å²) in [4.78, 5) is 24.3. The number of rotatable bonds is 7.